The first-order chi connectivity index (χ1) is 21.7. The number of halogens is 3. The monoisotopic (exact) mass is 656 g/mol. The Hall–Kier alpha value is -4.77. The molecule has 1 N–H and O–H groups in total. The number of aromatic carboxylic acids is 1. The third-order valence-corrected chi connectivity index (χ3v) is 8.44. The van der Waals surface area contributed by atoms with E-state index in [1.165, 1.54) is 39.0 Å². The summed E-state index contributed by atoms with van der Waals surface area (Å²) in [6.07, 6.45) is -4.09. The number of para-hydroxylation sites is 1. The van der Waals surface area contributed by atoms with Crippen LogP contribution in [0.15, 0.2) is 130 Å². The van der Waals surface area contributed by atoms with Crippen LogP contribution in [0.25, 0.3) is 0 Å². The second kappa shape index (κ2) is 18.3. The van der Waals surface area contributed by atoms with Crippen molar-refractivity contribution in [2.75, 3.05) is 13.2 Å². The van der Waals surface area contributed by atoms with Crippen LogP contribution in [-0.4, -0.2) is 42.4 Å². The van der Waals surface area contributed by atoms with Crippen molar-refractivity contribution in [1.29, 1.82) is 0 Å². The second-order valence-electron chi connectivity index (χ2n) is 10.1. The van der Waals surface area contributed by atoms with Crippen molar-refractivity contribution in [2.24, 2.45) is 5.41 Å². The van der Waals surface area contributed by atoms with Crippen LogP contribution in [-0.2, 0) is 30.0 Å². The largest absolute Gasteiger partial charge is 0.872 e. The predicted molar refractivity (Wildman–Crippen MR) is 166 cm³/mol. The molecule has 0 fully saturated rings. The van der Waals surface area contributed by atoms with Crippen molar-refractivity contribution in [3.05, 3.63) is 121 Å². The number of carboxylic acids is 1. The summed E-state index contributed by atoms with van der Waals surface area (Å²) in [7, 11) is -0.0146. The zero-order valence-electron chi connectivity index (χ0n) is 25.5. The highest BCUT2D eigenvalue weighted by Crippen LogP contribution is 2.30. The highest BCUT2D eigenvalue weighted by molar-refractivity contribution is 7.97. The number of rotatable bonds is 9. The maximum absolute atomic E-state index is 11.7. The van der Waals surface area contributed by atoms with Crippen LogP contribution in [0.2, 0.25) is 0 Å². The minimum atomic E-state index is -4.58. The zero-order chi connectivity index (χ0) is 34.2. The van der Waals surface area contributed by atoms with Gasteiger partial charge in [0.1, 0.15) is 0 Å². The van der Waals surface area contributed by atoms with Gasteiger partial charge in [-0.05, 0) is 62.7 Å². The Morgan fingerprint density at radius 1 is 0.717 bits per heavy atom. The van der Waals surface area contributed by atoms with Gasteiger partial charge >= 0.3 is 24.1 Å². The molecule has 46 heavy (non-hydrogen) atoms. The number of alkyl halides is 3. The van der Waals surface area contributed by atoms with Crippen LogP contribution in [0.5, 0.6) is 5.75 Å². The maximum Gasteiger partial charge on any atom is 0.422 e. The quantitative estimate of drug-likeness (QED) is 0.148. The molecule has 4 rings (SSSR count). The summed E-state index contributed by atoms with van der Waals surface area (Å²) < 4.78 is 43.4. The molecule has 0 unspecified atom stereocenters. The van der Waals surface area contributed by atoms with Crippen LogP contribution in [0, 0.1) is 5.41 Å². The average Bonchev–Trinajstić information content (AvgIpc) is 3.04. The Balaban J connectivity index is 0.000000252. The molecule has 0 heterocycles. The normalized spacial score (nSPS) is 10.8. The molecule has 0 radical (unpaired) electrons. The third kappa shape index (κ3) is 13.1. The molecular weight excluding hydrogens is 621 g/mol. The summed E-state index contributed by atoms with van der Waals surface area (Å²) in [5.74, 6) is -3.49. The van der Waals surface area contributed by atoms with E-state index < -0.39 is 48.5 Å². The fourth-order valence-electron chi connectivity index (χ4n) is 3.39. The van der Waals surface area contributed by atoms with E-state index in [2.05, 4.69) is 100 Å². The number of hydrogen-bond donors (Lipinski definition) is 1. The van der Waals surface area contributed by atoms with Gasteiger partial charge in [0, 0.05) is 0 Å². The number of carbonyl (C=O) groups is 3. The summed E-state index contributed by atoms with van der Waals surface area (Å²) >= 11 is 0. The van der Waals surface area contributed by atoms with E-state index in [1.54, 1.807) is 20.8 Å². The van der Waals surface area contributed by atoms with Crippen molar-refractivity contribution >= 4 is 28.8 Å². The van der Waals surface area contributed by atoms with E-state index in [0.29, 0.717) is 6.42 Å². The summed E-state index contributed by atoms with van der Waals surface area (Å²) in [6, 6.07) is 37.7. The van der Waals surface area contributed by atoms with Gasteiger partial charge in [0.05, 0.1) is 21.9 Å². The number of hydrogen-bond acceptors (Lipinski definition) is 6. The van der Waals surface area contributed by atoms with Crippen molar-refractivity contribution in [1.82, 2.24) is 0 Å². The van der Waals surface area contributed by atoms with Crippen molar-refractivity contribution < 1.29 is 47.2 Å². The van der Waals surface area contributed by atoms with E-state index in [4.69, 9.17) is 5.11 Å². The highest BCUT2D eigenvalue weighted by atomic mass is 32.2. The lowest BCUT2D eigenvalue weighted by Gasteiger charge is -2.19. The van der Waals surface area contributed by atoms with Crippen LogP contribution in [0.4, 0.5) is 13.2 Å². The minimum Gasteiger partial charge on any atom is -0.872 e. The highest BCUT2D eigenvalue weighted by Gasteiger charge is 2.31. The van der Waals surface area contributed by atoms with Gasteiger partial charge in [-0.1, -0.05) is 85.5 Å². The Labute approximate surface area is 269 Å². The van der Waals surface area contributed by atoms with Crippen molar-refractivity contribution in [3.8, 4) is 5.75 Å². The maximum atomic E-state index is 11.7. The molecule has 0 saturated heterocycles. The molecule has 0 amide bonds. The molecule has 7 nitrogen and oxygen atoms in total. The molecule has 4 aromatic carbocycles. The fourth-order valence-corrected chi connectivity index (χ4v) is 5.49. The van der Waals surface area contributed by atoms with Crippen LogP contribution < -0.4 is 5.11 Å². The van der Waals surface area contributed by atoms with E-state index in [0.717, 1.165) is 0 Å². The summed E-state index contributed by atoms with van der Waals surface area (Å²) in [5.41, 5.74) is -0.952. The topological polar surface area (TPSA) is 113 Å². The molecule has 0 bridgehead atoms. The number of carboxylic acid groups (broad SMARTS) is 1. The molecule has 244 valence electrons. The molecule has 0 aliphatic heterocycles. The number of carbonyl (C=O) groups excluding carboxylic acids is 2. The van der Waals surface area contributed by atoms with E-state index >= 15 is 0 Å². The van der Waals surface area contributed by atoms with Crippen LogP contribution in [0.3, 0.4) is 0 Å². The first-order valence-corrected chi connectivity index (χ1v) is 15.3. The van der Waals surface area contributed by atoms with Gasteiger partial charge < -0.3 is 19.7 Å². The summed E-state index contributed by atoms with van der Waals surface area (Å²) in [6.45, 7) is 2.48. The molecule has 11 heteroatoms. The summed E-state index contributed by atoms with van der Waals surface area (Å²) in [5, 5.41) is 19.0. The first-order valence-electron chi connectivity index (χ1n) is 14.0. The Kier molecular flexibility index (Phi) is 14.9. The van der Waals surface area contributed by atoms with Crippen molar-refractivity contribution in [2.45, 2.75) is 48.1 Å². The van der Waals surface area contributed by atoms with Crippen LogP contribution >= 0.6 is 0 Å². The molecule has 0 aromatic heterocycles. The molecule has 0 aliphatic rings. The number of ether oxygens (including phenoxy) is 2. The van der Waals surface area contributed by atoms with Gasteiger partial charge in [-0.2, -0.15) is 13.2 Å². The summed E-state index contributed by atoms with van der Waals surface area (Å²) in [4.78, 5) is 36.5. The smallest absolute Gasteiger partial charge is 0.422 e. The molecule has 0 spiro atoms. The van der Waals surface area contributed by atoms with E-state index in [9.17, 15) is 32.7 Å². The van der Waals surface area contributed by atoms with Gasteiger partial charge in [0.15, 0.2) is 27.9 Å². The molecular formula is C35H35F3O7S. The SMILES string of the molecule is CCC(C)(C)C(=O)OCC(=O)OCC(F)(F)F.O=C(O)c1ccccc1[O-].c1ccc([S+](c2ccccc2)c2ccccc2)cc1. The number of esters is 2. The Bertz CT molecular complexity index is 1420. The third-order valence-electron chi connectivity index (χ3n) is 6.21. The van der Waals surface area contributed by atoms with Gasteiger partial charge in [0.2, 0.25) is 0 Å². The lowest BCUT2D eigenvalue weighted by molar-refractivity contribution is -0.268. The lowest BCUT2D eigenvalue weighted by atomic mass is 9.91. The Morgan fingerprint density at radius 2 is 1.13 bits per heavy atom. The average molecular weight is 657 g/mol. The van der Waals surface area contributed by atoms with Gasteiger partial charge in [-0.3, -0.25) is 4.79 Å². The van der Waals surface area contributed by atoms with Crippen molar-refractivity contribution in [3.63, 3.8) is 0 Å². The molecule has 0 atom stereocenters. The molecule has 4 aromatic rings. The van der Waals surface area contributed by atoms with E-state index in [1.807, 2.05) is 0 Å². The molecule has 0 saturated carbocycles. The second-order valence-corrected chi connectivity index (χ2v) is 12.2. The molecule has 0 aliphatic carbocycles. The Morgan fingerprint density at radius 3 is 1.48 bits per heavy atom. The zero-order valence-corrected chi connectivity index (χ0v) is 26.3. The predicted octanol–water partition coefficient (Wildman–Crippen LogP) is 7.31. The fraction of sp³-hybridized carbons (Fsp3) is 0.229. The standard InChI is InChI=1S/C18H15S.C10H15F3O4.C7H6O3/c1-4-10-16(11-5-1)19(17-12-6-2-7-13-17)18-14-8-3-9-15-18;1-4-9(2,3)8(15)16-5-7(14)17-6-10(11,12)13;8-6-4-2-1-3-5(6)7(9)10/h1-15H;4-6H2,1-3H3;1-4,8H,(H,9,10)/q+1;;/p-1. The van der Waals surface area contributed by atoms with Gasteiger partial charge in [0.25, 0.3) is 0 Å². The first kappa shape index (κ1) is 37.4. The van der Waals surface area contributed by atoms with Crippen LogP contribution in [0.1, 0.15) is 37.6 Å². The number of benzene rings is 4. The van der Waals surface area contributed by atoms with E-state index in [-0.39, 0.29) is 16.5 Å². The lowest BCUT2D eigenvalue weighted by Crippen LogP contribution is -2.29. The van der Waals surface area contributed by atoms with Gasteiger partial charge in [-0.25, -0.2) is 9.59 Å². The minimum absolute atomic E-state index is 0.0146. The van der Waals surface area contributed by atoms with Gasteiger partial charge in [-0.15, -0.1) is 0 Å².